The molecule has 5 heteroatoms. The second-order valence-corrected chi connectivity index (χ2v) is 6.36. The standard InChI is InChI=1S/C17H23FN2O.ClH/c1-12(14-3-2-7-19-11-14)9-17(21)20-8-6-13-4-5-15(18)10-16(13)20;/h4-5,10,12,14,19H,2-3,6-9,11H2,1H3;1H. The Labute approximate surface area is 137 Å². The van der Waals surface area contributed by atoms with Crippen molar-refractivity contribution in [2.75, 3.05) is 24.5 Å². The van der Waals surface area contributed by atoms with E-state index < -0.39 is 0 Å². The fourth-order valence-electron chi connectivity index (χ4n) is 3.53. The summed E-state index contributed by atoms with van der Waals surface area (Å²) in [4.78, 5) is 14.3. The summed E-state index contributed by atoms with van der Waals surface area (Å²) >= 11 is 0. The van der Waals surface area contributed by atoms with E-state index in [2.05, 4.69) is 12.2 Å². The Bertz CT molecular complexity index is 531. The molecule has 0 aromatic heterocycles. The normalized spacial score (nSPS) is 21.9. The van der Waals surface area contributed by atoms with Crippen molar-refractivity contribution in [1.82, 2.24) is 5.32 Å². The molecule has 2 atom stereocenters. The molecule has 1 aromatic rings. The van der Waals surface area contributed by atoms with Crippen molar-refractivity contribution in [3.05, 3.63) is 29.6 Å². The Balaban J connectivity index is 0.00000176. The van der Waals surface area contributed by atoms with Crippen LogP contribution in [0.2, 0.25) is 0 Å². The minimum atomic E-state index is -0.266. The van der Waals surface area contributed by atoms with Crippen molar-refractivity contribution in [2.45, 2.75) is 32.6 Å². The van der Waals surface area contributed by atoms with E-state index in [1.165, 1.54) is 25.0 Å². The summed E-state index contributed by atoms with van der Waals surface area (Å²) < 4.78 is 13.4. The van der Waals surface area contributed by atoms with Gasteiger partial charge < -0.3 is 10.2 Å². The molecule has 1 N–H and O–H groups in total. The number of hydrogen-bond acceptors (Lipinski definition) is 2. The molecule has 1 saturated heterocycles. The van der Waals surface area contributed by atoms with Gasteiger partial charge in [0, 0.05) is 18.7 Å². The van der Waals surface area contributed by atoms with E-state index in [0.29, 0.717) is 24.8 Å². The van der Waals surface area contributed by atoms with Crippen LogP contribution in [0.25, 0.3) is 0 Å². The topological polar surface area (TPSA) is 32.3 Å². The van der Waals surface area contributed by atoms with Crippen LogP contribution in [-0.2, 0) is 11.2 Å². The number of benzene rings is 1. The lowest BCUT2D eigenvalue weighted by atomic mass is 9.85. The molecule has 1 fully saturated rings. The van der Waals surface area contributed by atoms with Crippen LogP contribution in [-0.4, -0.2) is 25.5 Å². The lowest BCUT2D eigenvalue weighted by Gasteiger charge is -2.29. The van der Waals surface area contributed by atoms with Gasteiger partial charge in [-0.15, -0.1) is 12.4 Å². The van der Waals surface area contributed by atoms with Crippen LogP contribution >= 0.6 is 12.4 Å². The maximum atomic E-state index is 13.4. The molecule has 2 heterocycles. The average molecular weight is 327 g/mol. The van der Waals surface area contributed by atoms with E-state index in [1.54, 1.807) is 11.0 Å². The van der Waals surface area contributed by atoms with Crippen molar-refractivity contribution in [1.29, 1.82) is 0 Å². The van der Waals surface area contributed by atoms with Gasteiger partial charge in [0.2, 0.25) is 5.91 Å². The van der Waals surface area contributed by atoms with Crippen molar-refractivity contribution in [3.8, 4) is 0 Å². The van der Waals surface area contributed by atoms with Gasteiger partial charge in [0.05, 0.1) is 0 Å². The average Bonchev–Trinajstić information content (AvgIpc) is 2.91. The predicted octanol–water partition coefficient (Wildman–Crippen LogP) is 3.16. The molecule has 0 spiro atoms. The maximum Gasteiger partial charge on any atom is 0.227 e. The van der Waals surface area contributed by atoms with Crippen molar-refractivity contribution in [3.63, 3.8) is 0 Å². The Morgan fingerprint density at radius 2 is 2.32 bits per heavy atom. The van der Waals surface area contributed by atoms with E-state index in [0.717, 1.165) is 30.8 Å². The summed E-state index contributed by atoms with van der Waals surface area (Å²) in [6, 6.07) is 4.77. The molecule has 0 bridgehead atoms. The third-order valence-corrected chi connectivity index (χ3v) is 4.88. The van der Waals surface area contributed by atoms with Crippen molar-refractivity contribution < 1.29 is 9.18 Å². The molecule has 122 valence electrons. The Morgan fingerprint density at radius 1 is 1.50 bits per heavy atom. The van der Waals surface area contributed by atoms with Crippen LogP contribution in [0.4, 0.5) is 10.1 Å². The maximum absolute atomic E-state index is 13.4. The van der Waals surface area contributed by atoms with E-state index in [4.69, 9.17) is 0 Å². The summed E-state index contributed by atoms with van der Waals surface area (Å²) in [5.74, 6) is 0.829. The molecule has 22 heavy (non-hydrogen) atoms. The fraction of sp³-hybridized carbons (Fsp3) is 0.588. The molecule has 2 aliphatic rings. The second-order valence-electron chi connectivity index (χ2n) is 6.36. The van der Waals surface area contributed by atoms with Crippen LogP contribution in [0.3, 0.4) is 0 Å². The highest BCUT2D eigenvalue weighted by molar-refractivity contribution is 5.95. The van der Waals surface area contributed by atoms with E-state index >= 15 is 0 Å². The van der Waals surface area contributed by atoms with Gasteiger partial charge in [0.1, 0.15) is 5.82 Å². The molecular formula is C17H24ClFN2O. The third kappa shape index (κ3) is 3.61. The molecule has 2 unspecified atom stereocenters. The quantitative estimate of drug-likeness (QED) is 0.925. The number of carbonyl (C=O) groups excluding carboxylic acids is 1. The largest absolute Gasteiger partial charge is 0.316 e. The third-order valence-electron chi connectivity index (χ3n) is 4.88. The molecular weight excluding hydrogens is 303 g/mol. The van der Waals surface area contributed by atoms with Crippen molar-refractivity contribution >= 4 is 24.0 Å². The molecule has 0 radical (unpaired) electrons. The summed E-state index contributed by atoms with van der Waals surface area (Å²) in [6.45, 7) is 4.96. The monoisotopic (exact) mass is 326 g/mol. The number of hydrogen-bond donors (Lipinski definition) is 1. The van der Waals surface area contributed by atoms with Gasteiger partial charge in [-0.3, -0.25) is 4.79 Å². The minimum Gasteiger partial charge on any atom is -0.316 e. The van der Waals surface area contributed by atoms with E-state index in [1.807, 2.05) is 0 Å². The van der Waals surface area contributed by atoms with Gasteiger partial charge in [-0.05, 0) is 61.9 Å². The van der Waals surface area contributed by atoms with Crippen LogP contribution in [0.1, 0.15) is 31.7 Å². The highest BCUT2D eigenvalue weighted by Crippen LogP contribution is 2.31. The van der Waals surface area contributed by atoms with Gasteiger partial charge >= 0.3 is 0 Å². The number of carbonyl (C=O) groups is 1. The summed E-state index contributed by atoms with van der Waals surface area (Å²) in [7, 11) is 0. The molecule has 0 aliphatic carbocycles. The summed E-state index contributed by atoms with van der Waals surface area (Å²) in [5.41, 5.74) is 1.85. The first kappa shape index (κ1) is 17.2. The zero-order chi connectivity index (χ0) is 14.8. The first-order chi connectivity index (χ1) is 10.1. The number of piperidine rings is 1. The first-order valence-electron chi connectivity index (χ1n) is 7.94. The highest BCUT2D eigenvalue weighted by Gasteiger charge is 2.28. The minimum absolute atomic E-state index is 0. The Kier molecular flexibility index (Phi) is 5.81. The number of halogens is 2. The number of fused-ring (bicyclic) bond motifs is 1. The first-order valence-corrected chi connectivity index (χ1v) is 7.94. The van der Waals surface area contributed by atoms with Gasteiger partial charge in [-0.2, -0.15) is 0 Å². The number of anilines is 1. The van der Waals surface area contributed by atoms with Crippen LogP contribution < -0.4 is 10.2 Å². The molecule has 2 aliphatic heterocycles. The molecule has 1 amide bonds. The van der Waals surface area contributed by atoms with Gasteiger partial charge in [0.15, 0.2) is 0 Å². The lowest BCUT2D eigenvalue weighted by molar-refractivity contribution is -0.119. The van der Waals surface area contributed by atoms with Crippen molar-refractivity contribution in [2.24, 2.45) is 11.8 Å². The SMILES string of the molecule is CC(CC(=O)N1CCc2ccc(F)cc21)C1CCCNC1.Cl. The molecule has 0 saturated carbocycles. The Morgan fingerprint density at radius 3 is 3.05 bits per heavy atom. The number of nitrogens with one attached hydrogen (secondary N) is 1. The summed E-state index contributed by atoms with van der Waals surface area (Å²) in [5, 5.41) is 3.41. The number of amides is 1. The molecule has 1 aromatic carbocycles. The van der Waals surface area contributed by atoms with E-state index in [-0.39, 0.29) is 24.1 Å². The van der Waals surface area contributed by atoms with Crippen LogP contribution in [0.5, 0.6) is 0 Å². The van der Waals surface area contributed by atoms with E-state index in [9.17, 15) is 9.18 Å². The van der Waals surface area contributed by atoms with Gasteiger partial charge in [-0.1, -0.05) is 13.0 Å². The lowest BCUT2D eigenvalue weighted by Crippen LogP contribution is -2.36. The molecule has 3 rings (SSSR count). The summed E-state index contributed by atoms with van der Waals surface area (Å²) in [6.07, 6.45) is 3.79. The predicted molar refractivity (Wildman–Crippen MR) is 89.1 cm³/mol. The zero-order valence-electron chi connectivity index (χ0n) is 13.0. The smallest absolute Gasteiger partial charge is 0.227 e. The molecule has 3 nitrogen and oxygen atoms in total. The second kappa shape index (κ2) is 7.42. The van der Waals surface area contributed by atoms with Gasteiger partial charge in [0.25, 0.3) is 0 Å². The zero-order valence-corrected chi connectivity index (χ0v) is 13.8. The fourth-order valence-corrected chi connectivity index (χ4v) is 3.53. The van der Waals surface area contributed by atoms with Gasteiger partial charge in [-0.25, -0.2) is 4.39 Å². The van der Waals surface area contributed by atoms with Crippen LogP contribution in [0, 0.1) is 17.7 Å². The highest BCUT2D eigenvalue weighted by atomic mass is 35.5. The Hall–Kier alpha value is -1.13. The number of rotatable bonds is 3. The number of nitrogens with zero attached hydrogens (tertiary/aromatic N) is 1. The van der Waals surface area contributed by atoms with Crippen LogP contribution in [0.15, 0.2) is 18.2 Å².